The zero-order chi connectivity index (χ0) is 12.1. The molecule has 1 N–H and O–H groups in total. The van der Waals surface area contributed by atoms with Crippen molar-refractivity contribution in [1.29, 1.82) is 0 Å². The third-order valence-corrected chi connectivity index (χ3v) is 3.50. The van der Waals surface area contributed by atoms with E-state index >= 15 is 0 Å². The van der Waals surface area contributed by atoms with Gasteiger partial charge in [-0.25, -0.2) is 9.67 Å². The van der Waals surface area contributed by atoms with Crippen LogP contribution in [0.5, 0.6) is 0 Å². The Balaban J connectivity index is 1.90. The van der Waals surface area contributed by atoms with Gasteiger partial charge in [0.25, 0.3) is 0 Å². The number of rotatable bonds is 5. The predicted molar refractivity (Wildman–Crippen MR) is 65.4 cm³/mol. The molecule has 5 heteroatoms. The van der Waals surface area contributed by atoms with E-state index in [0.29, 0.717) is 12.5 Å². The Morgan fingerprint density at radius 3 is 3.18 bits per heavy atom. The number of aliphatic hydroxyl groups is 1. The fraction of sp³-hybridized carbons (Fsp3) is 0.833. The standard InChI is InChI=1S/C12H22N4O/c1-2-16-12(13-10-14-16)9-15-6-3-4-11(8-15)5-7-17/h10-11,17H,2-9H2,1H3. The molecule has 0 aliphatic carbocycles. The Hall–Kier alpha value is -0.940. The fourth-order valence-electron chi connectivity index (χ4n) is 2.59. The molecule has 1 aliphatic rings. The maximum atomic E-state index is 9.00. The van der Waals surface area contributed by atoms with Gasteiger partial charge in [-0.15, -0.1) is 0 Å². The van der Waals surface area contributed by atoms with Crippen LogP contribution in [-0.2, 0) is 13.1 Å². The minimum Gasteiger partial charge on any atom is -0.396 e. The smallest absolute Gasteiger partial charge is 0.140 e. The summed E-state index contributed by atoms with van der Waals surface area (Å²) in [5, 5.41) is 13.2. The molecule has 2 heterocycles. The van der Waals surface area contributed by atoms with Crippen LogP contribution in [0.1, 0.15) is 32.0 Å². The van der Waals surface area contributed by atoms with Crippen molar-refractivity contribution in [1.82, 2.24) is 19.7 Å². The van der Waals surface area contributed by atoms with Gasteiger partial charge in [-0.2, -0.15) is 5.10 Å². The molecule has 1 fully saturated rings. The summed E-state index contributed by atoms with van der Waals surface area (Å²) in [6, 6.07) is 0. The van der Waals surface area contributed by atoms with Crippen LogP contribution in [0.25, 0.3) is 0 Å². The molecule has 0 radical (unpaired) electrons. The summed E-state index contributed by atoms with van der Waals surface area (Å²) in [5.74, 6) is 1.70. The van der Waals surface area contributed by atoms with Crippen LogP contribution in [0.3, 0.4) is 0 Å². The van der Waals surface area contributed by atoms with E-state index in [2.05, 4.69) is 21.9 Å². The van der Waals surface area contributed by atoms with Crippen molar-refractivity contribution in [2.75, 3.05) is 19.7 Å². The predicted octanol–water partition coefficient (Wildman–Crippen LogP) is 0.892. The summed E-state index contributed by atoms with van der Waals surface area (Å²) in [6.45, 7) is 6.38. The summed E-state index contributed by atoms with van der Waals surface area (Å²) < 4.78 is 1.95. The number of piperidine rings is 1. The van der Waals surface area contributed by atoms with E-state index in [1.807, 2.05) is 4.68 Å². The van der Waals surface area contributed by atoms with Gasteiger partial charge in [-0.1, -0.05) is 0 Å². The Morgan fingerprint density at radius 1 is 1.53 bits per heavy atom. The lowest BCUT2D eigenvalue weighted by Gasteiger charge is -2.32. The summed E-state index contributed by atoms with van der Waals surface area (Å²) in [4.78, 5) is 6.74. The van der Waals surface area contributed by atoms with Crippen molar-refractivity contribution in [3.8, 4) is 0 Å². The molecule has 17 heavy (non-hydrogen) atoms. The van der Waals surface area contributed by atoms with Crippen molar-refractivity contribution in [3.63, 3.8) is 0 Å². The van der Waals surface area contributed by atoms with Gasteiger partial charge in [-0.05, 0) is 38.6 Å². The second kappa shape index (κ2) is 6.12. The van der Waals surface area contributed by atoms with E-state index in [1.54, 1.807) is 6.33 Å². The quantitative estimate of drug-likeness (QED) is 0.828. The monoisotopic (exact) mass is 238 g/mol. The lowest BCUT2D eigenvalue weighted by molar-refractivity contribution is 0.138. The first-order valence-corrected chi connectivity index (χ1v) is 6.53. The molecule has 0 spiro atoms. The minimum atomic E-state index is 0.309. The van der Waals surface area contributed by atoms with Gasteiger partial charge in [0.15, 0.2) is 0 Å². The molecule has 1 aromatic rings. The maximum Gasteiger partial charge on any atom is 0.140 e. The zero-order valence-electron chi connectivity index (χ0n) is 10.5. The highest BCUT2D eigenvalue weighted by molar-refractivity contribution is 4.86. The van der Waals surface area contributed by atoms with E-state index in [1.165, 1.54) is 12.8 Å². The number of aryl methyl sites for hydroxylation is 1. The van der Waals surface area contributed by atoms with Crippen LogP contribution in [0.2, 0.25) is 0 Å². The van der Waals surface area contributed by atoms with Crippen LogP contribution in [0.15, 0.2) is 6.33 Å². The summed E-state index contributed by atoms with van der Waals surface area (Å²) in [5.41, 5.74) is 0. The molecule has 2 rings (SSSR count). The molecule has 1 atom stereocenters. The normalized spacial score (nSPS) is 21.9. The average molecular weight is 238 g/mol. The third-order valence-electron chi connectivity index (χ3n) is 3.50. The fourth-order valence-corrected chi connectivity index (χ4v) is 2.59. The second-order valence-electron chi connectivity index (χ2n) is 4.75. The van der Waals surface area contributed by atoms with Gasteiger partial charge >= 0.3 is 0 Å². The molecular weight excluding hydrogens is 216 g/mol. The SMILES string of the molecule is CCn1ncnc1CN1CCCC(CCO)C1. The van der Waals surface area contributed by atoms with Crippen LogP contribution in [0.4, 0.5) is 0 Å². The molecule has 1 unspecified atom stereocenters. The molecule has 96 valence electrons. The molecule has 1 saturated heterocycles. The number of aliphatic hydroxyl groups excluding tert-OH is 1. The summed E-state index contributed by atoms with van der Waals surface area (Å²) in [7, 11) is 0. The van der Waals surface area contributed by atoms with E-state index in [9.17, 15) is 0 Å². The van der Waals surface area contributed by atoms with E-state index in [4.69, 9.17) is 5.11 Å². The lowest BCUT2D eigenvalue weighted by Crippen LogP contribution is -2.36. The van der Waals surface area contributed by atoms with Gasteiger partial charge in [0.2, 0.25) is 0 Å². The first-order valence-electron chi connectivity index (χ1n) is 6.53. The molecule has 5 nitrogen and oxygen atoms in total. The van der Waals surface area contributed by atoms with Crippen LogP contribution >= 0.6 is 0 Å². The number of nitrogens with zero attached hydrogens (tertiary/aromatic N) is 4. The summed E-state index contributed by atoms with van der Waals surface area (Å²) >= 11 is 0. The highest BCUT2D eigenvalue weighted by atomic mass is 16.3. The number of likely N-dealkylation sites (tertiary alicyclic amines) is 1. The molecule has 0 aromatic carbocycles. The molecule has 1 aliphatic heterocycles. The van der Waals surface area contributed by atoms with E-state index < -0.39 is 0 Å². The highest BCUT2D eigenvalue weighted by Gasteiger charge is 2.20. The van der Waals surface area contributed by atoms with Crippen LogP contribution < -0.4 is 0 Å². The Kier molecular flexibility index (Phi) is 4.50. The van der Waals surface area contributed by atoms with Crippen LogP contribution in [-0.4, -0.2) is 44.5 Å². The molecule has 0 bridgehead atoms. The van der Waals surface area contributed by atoms with Gasteiger partial charge < -0.3 is 5.11 Å². The highest BCUT2D eigenvalue weighted by Crippen LogP contribution is 2.20. The van der Waals surface area contributed by atoms with Gasteiger partial charge in [-0.3, -0.25) is 4.90 Å². The summed E-state index contributed by atoms with van der Waals surface area (Å²) in [6.07, 6.45) is 5.04. The Bertz CT molecular complexity index is 337. The average Bonchev–Trinajstić information content (AvgIpc) is 2.77. The number of hydrogen-bond donors (Lipinski definition) is 1. The number of hydrogen-bond acceptors (Lipinski definition) is 4. The van der Waals surface area contributed by atoms with Crippen molar-refractivity contribution in [2.24, 2.45) is 5.92 Å². The molecule has 1 aromatic heterocycles. The van der Waals surface area contributed by atoms with Crippen molar-refractivity contribution < 1.29 is 5.11 Å². The van der Waals surface area contributed by atoms with Crippen LogP contribution in [0, 0.1) is 5.92 Å². The Labute approximate surface area is 102 Å². The van der Waals surface area contributed by atoms with Crippen molar-refractivity contribution in [2.45, 2.75) is 39.3 Å². The topological polar surface area (TPSA) is 54.2 Å². The molecular formula is C12H22N4O. The first kappa shape index (κ1) is 12.5. The van der Waals surface area contributed by atoms with Gasteiger partial charge in [0, 0.05) is 19.7 Å². The zero-order valence-corrected chi connectivity index (χ0v) is 10.5. The Morgan fingerprint density at radius 2 is 2.41 bits per heavy atom. The second-order valence-corrected chi connectivity index (χ2v) is 4.75. The molecule has 0 saturated carbocycles. The van der Waals surface area contributed by atoms with Gasteiger partial charge in [0.05, 0.1) is 6.54 Å². The largest absolute Gasteiger partial charge is 0.396 e. The maximum absolute atomic E-state index is 9.00. The number of aromatic nitrogens is 3. The van der Waals surface area contributed by atoms with E-state index in [-0.39, 0.29) is 0 Å². The van der Waals surface area contributed by atoms with Crippen molar-refractivity contribution in [3.05, 3.63) is 12.2 Å². The van der Waals surface area contributed by atoms with Crippen molar-refractivity contribution >= 4 is 0 Å². The minimum absolute atomic E-state index is 0.309. The first-order chi connectivity index (χ1) is 8.33. The van der Waals surface area contributed by atoms with E-state index in [0.717, 1.165) is 38.4 Å². The molecule has 0 amide bonds. The van der Waals surface area contributed by atoms with Gasteiger partial charge in [0.1, 0.15) is 12.2 Å². The third kappa shape index (κ3) is 3.26. The lowest BCUT2D eigenvalue weighted by atomic mass is 9.95.